The molecule has 0 atom stereocenters. The fourth-order valence-corrected chi connectivity index (χ4v) is 2.68. The largest absolute Gasteiger partial charge is 0.321 e. The summed E-state index contributed by atoms with van der Waals surface area (Å²) in [4.78, 5) is 0.979. The van der Waals surface area contributed by atoms with Crippen LogP contribution < -0.4 is 5.73 Å². The van der Waals surface area contributed by atoms with Gasteiger partial charge in [0.05, 0.1) is 0 Å². The molecule has 0 spiro atoms. The van der Waals surface area contributed by atoms with Gasteiger partial charge in [-0.25, -0.2) is 4.39 Å². The number of benzene rings is 1. The minimum Gasteiger partial charge on any atom is -0.321 e. The van der Waals surface area contributed by atoms with Crippen LogP contribution in [0.3, 0.4) is 0 Å². The van der Waals surface area contributed by atoms with E-state index in [2.05, 4.69) is 0 Å². The molecule has 76 valence electrons. The summed E-state index contributed by atoms with van der Waals surface area (Å²) in [5, 5.41) is 0. The first-order valence-corrected chi connectivity index (χ1v) is 6.02. The van der Waals surface area contributed by atoms with Crippen LogP contribution in [0, 0.1) is 5.82 Å². The summed E-state index contributed by atoms with van der Waals surface area (Å²) < 4.78 is 13.7. The van der Waals surface area contributed by atoms with E-state index in [4.69, 9.17) is 5.73 Å². The average Bonchev–Trinajstić information content (AvgIpc) is 2.14. The fourth-order valence-electron chi connectivity index (χ4n) is 1.97. The van der Waals surface area contributed by atoms with Crippen LogP contribution in [-0.2, 0) is 5.54 Å². The van der Waals surface area contributed by atoms with Gasteiger partial charge in [-0.1, -0.05) is 6.07 Å². The molecule has 1 aromatic carbocycles. The molecule has 0 unspecified atom stereocenters. The van der Waals surface area contributed by atoms with E-state index in [0.29, 0.717) is 0 Å². The van der Waals surface area contributed by atoms with Crippen LogP contribution in [0.4, 0.5) is 4.39 Å². The molecule has 1 aliphatic carbocycles. The molecule has 2 N–H and O–H groups in total. The van der Waals surface area contributed by atoms with E-state index in [9.17, 15) is 4.39 Å². The van der Waals surface area contributed by atoms with Crippen molar-refractivity contribution in [2.45, 2.75) is 29.7 Å². The second-order valence-electron chi connectivity index (χ2n) is 3.83. The number of thioether (sulfide) groups is 1. The topological polar surface area (TPSA) is 26.0 Å². The Bertz CT molecular complexity index is 347. The number of rotatable bonds is 2. The van der Waals surface area contributed by atoms with E-state index in [1.807, 2.05) is 12.3 Å². The van der Waals surface area contributed by atoms with Crippen molar-refractivity contribution in [2.24, 2.45) is 5.73 Å². The zero-order valence-corrected chi connectivity index (χ0v) is 9.03. The molecule has 0 saturated heterocycles. The Kier molecular flexibility index (Phi) is 2.54. The van der Waals surface area contributed by atoms with Gasteiger partial charge in [0.15, 0.2) is 0 Å². The average molecular weight is 211 g/mol. The second kappa shape index (κ2) is 3.55. The fraction of sp³-hybridized carbons (Fsp3) is 0.455. The predicted molar refractivity (Wildman–Crippen MR) is 57.9 cm³/mol. The SMILES string of the molecule is CSc1cccc(F)c1C1(N)CCC1. The Morgan fingerprint density at radius 2 is 2.14 bits per heavy atom. The Balaban J connectivity index is 2.49. The van der Waals surface area contributed by atoms with Crippen molar-refractivity contribution in [3.05, 3.63) is 29.6 Å². The molecule has 1 aromatic rings. The summed E-state index contributed by atoms with van der Waals surface area (Å²) >= 11 is 1.57. The van der Waals surface area contributed by atoms with E-state index in [1.54, 1.807) is 17.8 Å². The third kappa shape index (κ3) is 1.44. The molecular weight excluding hydrogens is 197 g/mol. The van der Waals surface area contributed by atoms with Crippen molar-refractivity contribution in [1.82, 2.24) is 0 Å². The Labute approximate surface area is 87.9 Å². The molecule has 1 nitrogen and oxygen atoms in total. The summed E-state index contributed by atoms with van der Waals surface area (Å²) in [5.74, 6) is -0.154. The minimum absolute atomic E-state index is 0.154. The first-order chi connectivity index (χ1) is 6.67. The molecule has 0 radical (unpaired) electrons. The molecule has 3 heteroatoms. The van der Waals surface area contributed by atoms with Gasteiger partial charge in [0.1, 0.15) is 5.82 Å². The maximum atomic E-state index is 13.7. The van der Waals surface area contributed by atoms with Gasteiger partial charge in [-0.2, -0.15) is 0 Å². The highest BCUT2D eigenvalue weighted by atomic mass is 32.2. The van der Waals surface area contributed by atoms with Crippen LogP contribution in [0.2, 0.25) is 0 Å². The molecule has 0 aliphatic heterocycles. The van der Waals surface area contributed by atoms with E-state index in [1.165, 1.54) is 6.07 Å². The lowest BCUT2D eigenvalue weighted by molar-refractivity contribution is 0.240. The van der Waals surface area contributed by atoms with Gasteiger partial charge in [-0.05, 0) is 37.7 Å². The minimum atomic E-state index is -0.399. The van der Waals surface area contributed by atoms with Gasteiger partial charge in [-0.3, -0.25) is 0 Å². The van der Waals surface area contributed by atoms with Crippen LogP contribution in [0.1, 0.15) is 24.8 Å². The number of hydrogen-bond donors (Lipinski definition) is 1. The quantitative estimate of drug-likeness (QED) is 0.761. The number of hydrogen-bond acceptors (Lipinski definition) is 2. The number of nitrogens with two attached hydrogens (primary N) is 1. The van der Waals surface area contributed by atoms with E-state index in [-0.39, 0.29) is 5.82 Å². The normalized spacial score (nSPS) is 19.1. The van der Waals surface area contributed by atoms with Crippen molar-refractivity contribution < 1.29 is 4.39 Å². The molecule has 2 rings (SSSR count). The molecule has 0 aromatic heterocycles. The van der Waals surface area contributed by atoms with Crippen molar-refractivity contribution in [2.75, 3.05) is 6.26 Å². The Morgan fingerprint density at radius 1 is 1.43 bits per heavy atom. The standard InChI is InChI=1S/C11H14FNS/c1-14-9-5-2-4-8(12)10(9)11(13)6-3-7-11/h2,4-5H,3,6-7,13H2,1H3. The predicted octanol–water partition coefficient (Wildman–Crippen LogP) is 2.89. The van der Waals surface area contributed by atoms with Gasteiger partial charge in [0, 0.05) is 16.0 Å². The maximum Gasteiger partial charge on any atom is 0.129 e. The van der Waals surface area contributed by atoms with Crippen molar-refractivity contribution >= 4 is 11.8 Å². The van der Waals surface area contributed by atoms with Gasteiger partial charge >= 0.3 is 0 Å². The van der Waals surface area contributed by atoms with E-state index < -0.39 is 5.54 Å². The molecule has 1 aliphatic rings. The number of halogens is 1. The van der Waals surface area contributed by atoms with E-state index in [0.717, 1.165) is 29.7 Å². The van der Waals surface area contributed by atoms with Gasteiger partial charge < -0.3 is 5.73 Å². The monoisotopic (exact) mass is 211 g/mol. The van der Waals surface area contributed by atoms with Crippen LogP contribution in [0.25, 0.3) is 0 Å². The summed E-state index contributed by atoms with van der Waals surface area (Å²) in [5.41, 5.74) is 6.47. The van der Waals surface area contributed by atoms with Crippen molar-refractivity contribution in [1.29, 1.82) is 0 Å². The Hall–Kier alpha value is -0.540. The van der Waals surface area contributed by atoms with Crippen molar-refractivity contribution in [3.8, 4) is 0 Å². The molecule has 0 heterocycles. The van der Waals surface area contributed by atoms with Gasteiger partial charge in [-0.15, -0.1) is 11.8 Å². The molecule has 0 bridgehead atoms. The van der Waals surface area contributed by atoms with Gasteiger partial charge in [0.25, 0.3) is 0 Å². The second-order valence-corrected chi connectivity index (χ2v) is 4.67. The highest BCUT2D eigenvalue weighted by Crippen LogP contribution is 2.43. The first-order valence-electron chi connectivity index (χ1n) is 4.79. The molecule has 0 amide bonds. The third-order valence-electron chi connectivity index (χ3n) is 2.94. The zero-order chi connectivity index (χ0) is 10.2. The van der Waals surface area contributed by atoms with Crippen LogP contribution in [0.5, 0.6) is 0 Å². The van der Waals surface area contributed by atoms with Crippen LogP contribution in [-0.4, -0.2) is 6.26 Å². The Morgan fingerprint density at radius 3 is 2.64 bits per heavy atom. The maximum absolute atomic E-state index is 13.7. The smallest absolute Gasteiger partial charge is 0.129 e. The first kappa shape index (κ1) is 9.99. The third-order valence-corrected chi connectivity index (χ3v) is 3.72. The van der Waals surface area contributed by atoms with Crippen LogP contribution >= 0.6 is 11.8 Å². The van der Waals surface area contributed by atoms with E-state index >= 15 is 0 Å². The summed E-state index contributed by atoms with van der Waals surface area (Å²) in [6.45, 7) is 0. The lowest BCUT2D eigenvalue weighted by Crippen LogP contribution is -2.44. The highest BCUT2D eigenvalue weighted by molar-refractivity contribution is 7.98. The molecule has 1 saturated carbocycles. The molecule has 14 heavy (non-hydrogen) atoms. The zero-order valence-electron chi connectivity index (χ0n) is 8.22. The lowest BCUT2D eigenvalue weighted by Gasteiger charge is -2.39. The summed E-state index contributed by atoms with van der Waals surface area (Å²) in [6.07, 6.45) is 4.88. The lowest BCUT2D eigenvalue weighted by atomic mass is 9.72. The molecule has 1 fully saturated rings. The van der Waals surface area contributed by atoms with Crippen molar-refractivity contribution in [3.63, 3.8) is 0 Å². The summed E-state index contributed by atoms with van der Waals surface area (Å²) in [6, 6.07) is 5.19. The van der Waals surface area contributed by atoms with Gasteiger partial charge in [0.2, 0.25) is 0 Å². The summed E-state index contributed by atoms with van der Waals surface area (Å²) in [7, 11) is 0. The van der Waals surface area contributed by atoms with Crippen LogP contribution in [0.15, 0.2) is 23.1 Å². The highest BCUT2D eigenvalue weighted by Gasteiger charge is 2.38. The molecular formula is C11H14FNS.